The van der Waals surface area contributed by atoms with Crippen molar-refractivity contribution in [2.24, 2.45) is 0 Å². The number of benzene rings is 2. The van der Waals surface area contributed by atoms with Gasteiger partial charge in [-0.2, -0.15) is 4.31 Å². The molecule has 11 heteroatoms. The molecule has 1 unspecified atom stereocenters. The Hall–Kier alpha value is -2.04. The van der Waals surface area contributed by atoms with Gasteiger partial charge in [-0.3, -0.25) is 0 Å². The van der Waals surface area contributed by atoms with E-state index in [9.17, 15) is 22.3 Å². The van der Waals surface area contributed by atoms with E-state index in [0.29, 0.717) is 17.5 Å². The van der Waals surface area contributed by atoms with Gasteiger partial charge in [0.2, 0.25) is 0 Å². The third-order valence-electron chi connectivity index (χ3n) is 5.14. The zero-order valence-corrected chi connectivity index (χ0v) is 18.2. The van der Waals surface area contributed by atoms with Crippen LogP contribution < -0.4 is 0 Å². The topological polar surface area (TPSA) is 86.3 Å². The van der Waals surface area contributed by atoms with Gasteiger partial charge in [-0.1, -0.05) is 35.3 Å². The van der Waals surface area contributed by atoms with E-state index in [1.165, 1.54) is 46.9 Å². The third kappa shape index (κ3) is 4.33. The molecule has 2 aromatic carbocycles. The van der Waals surface area contributed by atoms with E-state index in [-0.39, 0.29) is 34.0 Å². The quantitative estimate of drug-likeness (QED) is 0.570. The third-order valence-corrected chi connectivity index (χ3v) is 7.50. The molecule has 0 spiro atoms. The Labute approximate surface area is 187 Å². The highest BCUT2D eigenvalue weighted by Crippen LogP contribution is 2.35. The van der Waals surface area contributed by atoms with Crippen LogP contribution in [0.25, 0.3) is 0 Å². The molecule has 1 aromatic heterocycles. The van der Waals surface area contributed by atoms with Crippen LogP contribution >= 0.6 is 23.2 Å². The molecule has 0 radical (unpaired) electrons. The summed E-state index contributed by atoms with van der Waals surface area (Å²) in [5, 5.41) is 9.28. The average molecular weight is 488 g/mol. The van der Waals surface area contributed by atoms with Crippen molar-refractivity contribution in [2.45, 2.75) is 23.5 Å². The minimum atomic E-state index is -3.90. The second-order valence-electron chi connectivity index (χ2n) is 7.22. The van der Waals surface area contributed by atoms with Crippen LogP contribution in [0.3, 0.4) is 0 Å². The van der Waals surface area contributed by atoms with Crippen molar-refractivity contribution < 1.29 is 22.3 Å². The molecule has 2 N–H and O–H groups in total. The number of hydrogen-bond donors (Lipinski definition) is 2. The molecule has 4 rings (SSSR count). The SMILES string of the molecule is O=S(=O)(c1cnc(C(c2ccc(F)c(Cl)c2)c2ccc(F)c(Cl)c2)[nH]1)N1CCC(O)C1. The van der Waals surface area contributed by atoms with Gasteiger partial charge in [0, 0.05) is 13.1 Å². The molecule has 164 valence electrons. The molecule has 2 heterocycles. The number of aromatic amines is 1. The maximum absolute atomic E-state index is 13.7. The summed E-state index contributed by atoms with van der Waals surface area (Å²) >= 11 is 11.9. The van der Waals surface area contributed by atoms with Crippen molar-refractivity contribution in [1.82, 2.24) is 14.3 Å². The van der Waals surface area contributed by atoms with Crippen LogP contribution in [-0.2, 0) is 10.0 Å². The number of aliphatic hydroxyl groups is 1. The Kier molecular flexibility index (Phi) is 6.06. The number of β-amino-alcohol motifs (C(OH)–C–C–N with tert-alkyl or cyclic N) is 1. The number of imidazole rings is 1. The normalized spacial score (nSPS) is 17.5. The molecule has 31 heavy (non-hydrogen) atoms. The van der Waals surface area contributed by atoms with E-state index >= 15 is 0 Å². The summed E-state index contributed by atoms with van der Waals surface area (Å²) in [4.78, 5) is 7.05. The van der Waals surface area contributed by atoms with Crippen LogP contribution in [0.15, 0.2) is 47.6 Å². The Morgan fingerprint density at radius 3 is 2.16 bits per heavy atom. The van der Waals surface area contributed by atoms with Gasteiger partial charge in [-0.05, 0) is 41.8 Å². The number of nitrogens with zero attached hydrogens (tertiary/aromatic N) is 2. The molecular weight excluding hydrogens is 471 g/mol. The Balaban J connectivity index is 1.79. The predicted octanol–water partition coefficient (Wildman–Crippen LogP) is 3.93. The van der Waals surface area contributed by atoms with Crippen molar-refractivity contribution >= 4 is 33.2 Å². The molecule has 1 aliphatic heterocycles. The molecule has 3 aromatic rings. The van der Waals surface area contributed by atoms with E-state index in [1.807, 2.05) is 0 Å². The van der Waals surface area contributed by atoms with Gasteiger partial charge in [0.25, 0.3) is 10.0 Å². The van der Waals surface area contributed by atoms with Crippen LogP contribution in [-0.4, -0.2) is 47.0 Å². The van der Waals surface area contributed by atoms with Crippen LogP contribution in [0.2, 0.25) is 10.0 Å². The first-order valence-electron chi connectivity index (χ1n) is 9.30. The lowest BCUT2D eigenvalue weighted by atomic mass is 9.90. The van der Waals surface area contributed by atoms with E-state index in [2.05, 4.69) is 9.97 Å². The molecule has 0 bridgehead atoms. The van der Waals surface area contributed by atoms with Crippen LogP contribution in [0.4, 0.5) is 8.78 Å². The number of halogens is 4. The van der Waals surface area contributed by atoms with Crippen LogP contribution in [0.5, 0.6) is 0 Å². The van der Waals surface area contributed by atoms with Crippen LogP contribution in [0, 0.1) is 11.6 Å². The second-order valence-corrected chi connectivity index (χ2v) is 9.94. The first-order valence-corrected chi connectivity index (χ1v) is 11.5. The number of rotatable bonds is 5. The van der Waals surface area contributed by atoms with Crippen LogP contribution in [0.1, 0.15) is 29.3 Å². The summed E-state index contributed by atoms with van der Waals surface area (Å²) in [7, 11) is -3.90. The van der Waals surface area contributed by atoms with Crippen molar-refractivity contribution in [3.8, 4) is 0 Å². The molecule has 1 atom stereocenters. The minimum Gasteiger partial charge on any atom is -0.392 e. The standard InChI is InChI=1S/C20H17Cl2F2N3O3S/c21-14-7-11(1-3-16(14)23)19(12-2-4-17(24)15(22)8-12)20-25-9-18(26-20)31(29,30)27-6-5-13(28)10-27/h1-4,7-9,13,19,28H,5-6,10H2,(H,25,26). The molecule has 1 fully saturated rings. The second kappa shape index (κ2) is 8.48. The molecular formula is C20H17Cl2F2N3O3S. The number of H-pyrrole nitrogens is 1. The molecule has 0 amide bonds. The Morgan fingerprint density at radius 2 is 1.68 bits per heavy atom. The lowest BCUT2D eigenvalue weighted by molar-refractivity contribution is 0.189. The highest BCUT2D eigenvalue weighted by molar-refractivity contribution is 7.89. The van der Waals surface area contributed by atoms with Gasteiger partial charge in [0.1, 0.15) is 17.5 Å². The number of sulfonamides is 1. The Morgan fingerprint density at radius 1 is 1.10 bits per heavy atom. The Bertz CT molecular complexity index is 1180. The van der Waals surface area contributed by atoms with Crippen molar-refractivity contribution in [1.29, 1.82) is 0 Å². The van der Waals surface area contributed by atoms with Gasteiger partial charge in [-0.25, -0.2) is 22.2 Å². The summed E-state index contributed by atoms with van der Waals surface area (Å²) in [5.74, 6) is -1.72. The fourth-order valence-corrected chi connectivity index (χ4v) is 5.35. The summed E-state index contributed by atoms with van der Waals surface area (Å²) in [6.07, 6.45) is 0.816. The summed E-state index contributed by atoms with van der Waals surface area (Å²) in [5.41, 5.74) is 1.01. The molecule has 0 aliphatic carbocycles. The molecule has 1 aliphatic rings. The number of nitrogens with one attached hydrogen (secondary N) is 1. The summed E-state index contributed by atoms with van der Waals surface area (Å²) < 4.78 is 54.4. The summed E-state index contributed by atoms with van der Waals surface area (Å²) in [6.45, 7) is 0.198. The number of aliphatic hydroxyl groups excluding tert-OH is 1. The van der Waals surface area contributed by atoms with Gasteiger partial charge in [0.05, 0.1) is 28.3 Å². The zero-order valence-electron chi connectivity index (χ0n) is 15.9. The fourth-order valence-electron chi connectivity index (χ4n) is 3.56. The smallest absolute Gasteiger partial charge is 0.260 e. The van der Waals surface area contributed by atoms with Crippen molar-refractivity contribution in [3.05, 3.63) is 81.2 Å². The summed E-state index contributed by atoms with van der Waals surface area (Å²) in [6, 6.07) is 8.12. The predicted molar refractivity (Wildman–Crippen MR) is 112 cm³/mol. The van der Waals surface area contributed by atoms with E-state index in [1.54, 1.807) is 0 Å². The lowest BCUT2D eigenvalue weighted by Gasteiger charge is -2.18. The average Bonchev–Trinajstić information content (AvgIpc) is 3.38. The first-order chi connectivity index (χ1) is 14.7. The lowest BCUT2D eigenvalue weighted by Crippen LogP contribution is -2.30. The van der Waals surface area contributed by atoms with E-state index in [4.69, 9.17) is 23.2 Å². The highest BCUT2D eigenvalue weighted by Gasteiger charge is 2.34. The van der Waals surface area contributed by atoms with Gasteiger partial charge >= 0.3 is 0 Å². The maximum atomic E-state index is 13.7. The number of hydrogen-bond acceptors (Lipinski definition) is 4. The maximum Gasteiger partial charge on any atom is 0.260 e. The number of aromatic nitrogens is 2. The monoisotopic (exact) mass is 487 g/mol. The largest absolute Gasteiger partial charge is 0.392 e. The highest BCUT2D eigenvalue weighted by atomic mass is 35.5. The van der Waals surface area contributed by atoms with Gasteiger partial charge < -0.3 is 10.1 Å². The fraction of sp³-hybridized carbons (Fsp3) is 0.250. The molecule has 6 nitrogen and oxygen atoms in total. The van der Waals surface area contributed by atoms with Gasteiger partial charge in [0.15, 0.2) is 5.03 Å². The molecule has 1 saturated heterocycles. The van der Waals surface area contributed by atoms with Crippen molar-refractivity contribution in [3.63, 3.8) is 0 Å². The molecule has 0 saturated carbocycles. The first kappa shape index (κ1) is 22.2. The minimum absolute atomic E-state index is 0.00125. The van der Waals surface area contributed by atoms with Gasteiger partial charge in [-0.15, -0.1) is 0 Å². The van der Waals surface area contributed by atoms with Crippen molar-refractivity contribution in [2.75, 3.05) is 13.1 Å². The van der Waals surface area contributed by atoms with E-state index in [0.717, 1.165) is 0 Å². The zero-order chi connectivity index (χ0) is 22.3. The van der Waals surface area contributed by atoms with E-state index < -0.39 is 33.7 Å².